The Bertz CT molecular complexity index is 120. The zero-order valence-corrected chi connectivity index (χ0v) is 7.90. The Morgan fingerprint density at radius 2 is 1.82 bits per heavy atom. The Kier molecular flexibility index (Phi) is 7.23. The summed E-state index contributed by atoms with van der Waals surface area (Å²) in [6, 6.07) is 0. The van der Waals surface area contributed by atoms with Crippen LogP contribution in [0.2, 0.25) is 0 Å². The van der Waals surface area contributed by atoms with Gasteiger partial charge in [0.1, 0.15) is 0 Å². The van der Waals surface area contributed by atoms with E-state index in [1.807, 2.05) is 0 Å². The average molecular weight is 152 g/mol. The second kappa shape index (κ2) is 7.59. The molecule has 0 spiro atoms. The van der Waals surface area contributed by atoms with Crippen LogP contribution < -0.4 is 0 Å². The molecule has 0 saturated carbocycles. The number of allylic oxidation sites excluding steroid dienone is 3. The maximum absolute atomic E-state index is 3.96. The van der Waals surface area contributed by atoms with E-state index >= 15 is 0 Å². The van der Waals surface area contributed by atoms with Crippen LogP contribution in [0.4, 0.5) is 0 Å². The van der Waals surface area contributed by atoms with Crippen molar-refractivity contribution in [3.63, 3.8) is 0 Å². The molecule has 0 aliphatic heterocycles. The Balaban J connectivity index is 3.19. The SMILES string of the molecule is C=C(CC)CC/C=C\CCC. The molecule has 64 valence electrons. The van der Waals surface area contributed by atoms with Gasteiger partial charge in [0.25, 0.3) is 0 Å². The minimum atomic E-state index is 1.13. The van der Waals surface area contributed by atoms with Crippen molar-refractivity contribution < 1.29 is 0 Å². The highest BCUT2D eigenvalue weighted by Crippen LogP contribution is 2.06. The normalized spacial score (nSPS) is 10.7. The van der Waals surface area contributed by atoms with Crippen molar-refractivity contribution in [2.45, 2.75) is 46.0 Å². The van der Waals surface area contributed by atoms with Gasteiger partial charge in [-0.15, -0.1) is 0 Å². The van der Waals surface area contributed by atoms with Crippen LogP contribution in [-0.2, 0) is 0 Å². The average Bonchev–Trinajstić information content (AvgIpc) is 2.04. The van der Waals surface area contributed by atoms with Gasteiger partial charge < -0.3 is 0 Å². The fourth-order valence-electron chi connectivity index (χ4n) is 0.867. The van der Waals surface area contributed by atoms with Crippen molar-refractivity contribution in [2.75, 3.05) is 0 Å². The topological polar surface area (TPSA) is 0 Å². The van der Waals surface area contributed by atoms with Crippen LogP contribution in [-0.4, -0.2) is 0 Å². The molecule has 0 nitrogen and oxygen atoms in total. The molecule has 0 saturated heterocycles. The lowest BCUT2D eigenvalue weighted by atomic mass is 10.1. The highest BCUT2D eigenvalue weighted by molar-refractivity contribution is 4.95. The Morgan fingerprint density at radius 3 is 2.36 bits per heavy atom. The largest absolute Gasteiger partial charge is 0.0999 e. The summed E-state index contributed by atoms with van der Waals surface area (Å²) in [4.78, 5) is 0. The van der Waals surface area contributed by atoms with Gasteiger partial charge in [-0.1, -0.05) is 44.6 Å². The van der Waals surface area contributed by atoms with Gasteiger partial charge in [-0.05, 0) is 25.7 Å². The first-order valence-corrected chi connectivity index (χ1v) is 4.62. The molecular weight excluding hydrogens is 132 g/mol. The molecule has 0 aliphatic carbocycles. The Morgan fingerprint density at radius 1 is 1.18 bits per heavy atom. The minimum Gasteiger partial charge on any atom is -0.0999 e. The molecule has 0 radical (unpaired) electrons. The summed E-state index contributed by atoms with van der Waals surface area (Å²) >= 11 is 0. The van der Waals surface area contributed by atoms with E-state index in [9.17, 15) is 0 Å². The lowest BCUT2D eigenvalue weighted by Crippen LogP contribution is -1.76. The van der Waals surface area contributed by atoms with E-state index in [1.165, 1.54) is 24.8 Å². The summed E-state index contributed by atoms with van der Waals surface area (Å²) in [5.74, 6) is 0. The van der Waals surface area contributed by atoms with Crippen molar-refractivity contribution in [2.24, 2.45) is 0 Å². The lowest BCUT2D eigenvalue weighted by Gasteiger charge is -1.96. The van der Waals surface area contributed by atoms with E-state index in [1.54, 1.807) is 0 Å². The van der Waals surface area contributed by atoms with Crippen molar-refractivity contribution in [3.8, 4) is 0 Å². The summed E-state index contributed by atoms with van der Waals surface area (Å²) in [5, 5.41) is 0. The summed E-state index contributed by atoms with van der Waals surface area (Å²) in [7, 11) is 0. The molecule has 0 aromatic rings. The van der Waals surface area contributed by atoms with Crippen LogP contribution >= 0.6 is 0 Å². The highest BCUT2D eigenvalue weighted by Gasteiger charge is 1.86. The molecule has 0 amide bonds. The number of rotatable bonds is 6. The van der Waals surface area contributed by atoms with E-state index in [0.29, 0.717) is 0 Å². The fraction of sp³-hybridized carbons (Fsp3) is 0.636. The molecule has 0 aliphatic rings. The van der Waals surface area contributed by atoms with E-state index in [0.717, 1.165) is 12.8 Å². The van der Waals surface area contributed by atoms with Gasteiger partial charge in [0.05, 0.1) is 0 Å². The van der Waals surface area contributed by atoms with E-state index < -0.39 is 0 Å². The van der Waals surface area contributed by atoms with Crippen LogP contribution in [0.1, 0.15) is 46.0 Å². The predicted octanol–water partition coefficient (Wildman–Crippen LogP) is 4.09. The van der Waals surface area contributed by atoms with Crippen LogP contribution in [0.3, 0.4) is 0 Å². The molecule has 0 N–H and O–H groups in total. The molecule has 0 bridgehead atoms. The molecule has 11 heavy (non-hydrogen) atoms. The van der Waals surface area contributed by atoms with Crippen molar-refractivity contribution in [3.05, 3.63) is 24.3 Å². The zero-order valence-electron chi connectivity index (χ0n) is 7.90. The molecule has 0 fully saturated rings. The predicted molar refractivity (Wildman–Crippen MR) is 52.7 cm³/mol. The third-order valence-electron chi connectivity index (χ3n) is 1.79. The number of hydrogen-bond donors (Lipinski definition) is 0. The molecule has 0 atom stereocenters. The van der Waals surface area contributed by atoms with E-state index in [-0.39, 0.29) is 0 Å². The minimum absolute atomic E-state index is 1.13. The maximum atomic E-state index is 3.96. The van der Waals surface area contributed by atoms with Crippen LogP contribution in [0, 0.1) is 0 Å². The van der Waals surface area contributed by atoms with Crippen molar-refractivity contribution >= 4 is 0 Å². The standard InChI is InChI=1S/C11H20/c1-4-6-7-8-9-10-11(3)5-2/h7-8H,3-6,9-10H2,1-2H3/b8-7-. The maximum Gasteiger partial charge on any atom is -0.0288 e. The molecule has 0 aromatic carbocycles. The molecule has 0 heterocycles. The van der Waals surface area contributed by atoms with Crippen LogP contribution in [0.15, 0.2) is 24.3 Å². The van der Waals surface area contributed by atoms with Crippen LogP contribution in [0.5, 0.6) is 0 Å². The second-order valence-electron chi connectivity index (χ2n) is 2.90. The monoisotopic (exact) mass is 152 g/mol. The molecule has 0 unspecified atom stereocenters. The van der Waals surface area contributed by atoms with E-state index in [4.69, 9.17) is 0 Å². The van der Waals surface area contributed by atoms with Crippen molar-refractivity contribution in [1.29, 1.82) is 0 Å². The van der Waals surface area contributed by atoms with Gasteiger partial charge >= 0.3 is 0 Å². The van der Waals surface area contributed by atoms with Gasteiger partial charge in [-0.25, -0.2) is 0 Å². The Hall–Kier alpha value is -0.520. The summed E-state index contributed by atoms with van der Waals surface area (Å²) in [5.41, 5.74) is 1.37. The highest BCUT2D eigenvalue weighted by atomic mass is 13.9. The second-order valence-corrected chi connectivity index (χ2v) is 2.90. The van der Waals surface area contributed by atoms with Gasteiger partial charge in [0.2, 0.25) is 0 Å². The van der Waals surface area contributed by atoms with Gasteiger partial charge in [-0.2, -0.15) is 0 Å². The lowest BCUT2D eigenvalue weighted by molar-refractivity contribution is 0.899. The summed E-state index contributed by atoms with van der Waals surface area (Å²) < 4.78 is 0. The molecule has 0 heteroatoms. The van der Waals surface area contributed by atoms with Gasteiger partial charge in [0.15, 0.2) is 0 Å². The molecule has 0 rings (SSSR count). The fourth-order valence-corrected chi connectivity index (χ4v) is 0.867. The van der Waals surface area contributed by atoms with Gasteiger partial charge in [0, 0.05) is 0 Å². The number of unbranched alkanes of at least 4 members (excludes halogenated alkanes) is 1. The van der Waals surface area contributed by atoms with Gasteiger partial charge in [-0.3, -0.25) is 0 Å². The van der Waals surface area contributed by atoms with Crippen LogP contribution in [0.25, 0.3) is 0 Å². The third kappa shape index (κ3) is 7.38. The smallest absolute Gasteiger partial charge is 0.0288 e. The van der Waals surface area contributed by atoms with E-state index in [2.05, 4.69) is 32.6 Å². The first kappa shape index (κ1) is 10.5. The third-order valence-corrected chi connectivity index (χ3v) is 1.79. The zero-order chi connectivity index (χ0) is 8.53. The first-order chi connectivity index (χ1) is 5.31. The molecular formula is C11H20. The summed E-state index contributed by atoms with van der Waals surface area (Å²) in [6.07, 6.45) is 10.5. The first-order valence-electron chi connectivity index (χ1n) is 4.62. The molecule has 0 aromatic heterocycles. The Labute approximate surface area is 71.0 Å². The van der Waals surface area contributed by atoms with Crippen molar-refractivity contribution in [1.82, 2.24) is 0 Å². The summed E-state index contributed by atoms with van der Waals surface area (Å²) in [6.45, 7) is 8.33. The quantitative estimate of drug-likeness (QED) is 0.503. The number of hydrogen-bond acceptors (Lipinski definition) is 0.